The summed E-state index contributed by atoms with van der Waals surface area (Å²) in [5.74, 6) is -4.31. The molecule has 2 aromatic heterocycles. The predicted octanol–water partition coefficient (Wildman–Crippen LogP) is -1.96. The van der Waals surface area contributed by atoms with Crippen molar-refractivity contribution in [1.29, 1.82) is 0 Å². The number of rotatable bonds is 11. The maximum absolute atomic E-state index is 13.1. The third-order valence-corrected chi connectivity index (χ3v) is 6.51. The Kier molecular flexibility index (Phi) is 7.15. The summed E-state index contributed by atoms with van der Waals surface area (Å²) in [4.78, 5) is 46.9. The van der Waals surface area contributed by atoms with E-state index in [0.29, 0.717) is 0 Å². The number of β-lactam (4-membered cyclic amide) rings is 1. The highest BCUT2D eigenvalue weighted by molar-refractivity contribution is 7.84. The molecule has 6 N–H and O–H groups in total. The lowest BCUT2D eigenvalue weighted by Crippen LogP contribution is -2.64. The van der Waals surface area contributed by atoms with Crippen molar-refractivity contribution in [2.24, 2.45) is 16.8 Å². The Morgan fingerprint density at radius 1 is 1.37 bits per heavy atom. The minimum atomic E-state index is -4.95. The van der Waals surface area contributed by atoms with Gasteiger partial charge in [0.2, 0.25) is 11.5 Å². The average Bonchev–Trinajstić information content (AvgIpc) is 3.39. The highest BCUT2D eigenvalue weighted by atomic mass is 32.2. The van der Waals surface area contributed by atoms with Gasteiger partial charge in [-0.15, -0.1) is 21.5 Å². The predicted molar refractivity (Wildman–Crippen MR) is 117 cm³/mol. The summed E-state index contributed by atoms with van der Waals surface area (Å²) in [5, 5.41) is 25.6. The first-order valence-electron chi connectivity index (χ1n) is 9.76. The fourth-order valence-electron chi connectivity index (χ4n) is 3.02. The molecule has 19 heteroatoms. The number of nitrogen functional groups attached to an aromatic ring is 1. The summed E-state index contributed by atoms with van der Waals surface area (Å²) in [7, 11) is -4.95. The largest absolute Gasteiger partial charge is 0.478 e. The smallest absolute Gasteiger partial charge is 0.362 e. The van der Waals surface area contributed by atoms with Crippen LogP contribution in [0.15, 0.2) is 10.5 Å². The van der Waals surface area contributed by atoms with Gasteiger partial charge in [0.25, 0.3) is 0 Å². The van der Waals surface area contributed by atoms with Gasteiger partial charge >= 0.3 is 16.3 Å². The number of carboxylic acid groups (broad SMARTS) is 1. The minimum Gasteiger partial charge on any atom is -0.478 e. The van der Waals surface area contributed by atoms with Crippen LogP contribution in [-0.4, -0.2) is 82.6 Å². The van der Waals surface area contributed by atoms with Crippen LogP contribution in [0.5, 0.6) is 0 Å². The molecule has 0 bridgehead atoms. The number of aliphatic carboxylic acids is 1. The number of carboxylic acids is 1. The SMILES string of the molecule is CC(C)(O/N=C(\C(=O)C[C@@H]1C(=O)N(S(=O)(=O)O)[C@@H]1Cn1nnc(CN)n1)c1csc(N)n1)C(=O)O. The van der Waals surface area contributed by atoms with Crippen molar-refractivity contribution in [1.82, 2.24) is 29.5 Å². The number of carbonyl (C=O) groups is 3. The number of amides is 1. The summed E-state index contributed by atoms with van der Waals surface area (Å²) in [6.07, 6.45) is -0.582. The number of tetrazole rings is 1. The molecule has 1 fully saturated rings. The van der Waals surface area contributed by atoms with Crippen molar-refractivity contribution in [3.8, 4) is 0 Å². The molecule has 2 atom stereocenters. The van der Waals surface area contributed by atoms with Gasteiger partial charge in [-0.05, 0) is 19.1 Å². The molecule has 2 aromatic rings. The van der Waals surface area contributed by atoms with Crippen LogP contribution in [-0.2, 0) is 42.6 Å². The summed E-state index contributed by atoms with van der Waals surface area (Å²) < 4.78 is 33.1. The van der Waals surface area contributed by atoms with Gasteiger partial charge in [-0.25, -0.2) is 14.1 Å². The van der Waals surface area contributed by atoms with Gasteiger partial charge in [-0.1, -0.05) is 5.16 Å². The van der Waals surface area contributed by atoms with Crippen LogP contribution < -0.4 is 11.5 Å². The summed E-state index contributed by atoms with van der Waals surface area (Å²) in [5.41, 5.74) is 8.78. The van der Waals surface area contributed by atoms with Crippen molar-refractivity contribution in [3.63, 3.8) is 0 Å². The lowest BCUT2D eigenvalue weighted by atomic mass is 9.84. The van der Waals surface area contributed by atoms with Crippen LogP contribution in [0, 0.1) is 5.92 Å². The normalized spacial score (nSPS) is 18.9. The highest BCUT2D eigenvalue weighted by Gasteiger charge is 2.54. The molecule has 1 aliphatic rings. The molecule has 0 spiro atoms. The molecule has 1 saturated heterocycles. The Labute approximate surface area is 201 Å². The fraction of sp³-hybridized carbons (Fsp3) is 0.500. The monoisotopic (exact) mass is 531 g/mol. The molecule has 17 nitrogen and oxygen atoms in total. The van der Waals surface area contributed by atoms with E-state index in [4.69, 9.17) is 16.3 Å². The molecule has 1 aliphatic heterocycles. The Bertz CT molecular complexity index is 1290. The molecule has 0 aliphatic carbocycles. The van der Waals surface area contributed by atoms with Gasteiger partial charge in [-0.2, -0.15) is 13.2 Å². The zero-order valence-electron chi connectivity index (χ0n) is 18.3. The topological polar surface area (TPSA) is 259 Å². The quantitative estimate of drug-likeness (QED) is 0.106. The fourth-order valence-corrected chi connectivity index (χ4v) is 4.48. The molecule has 0 aromatic carbocycles. The number of nitrogens with zero attached hydrogens (tertiary/aromatic N) is 7. The van der Waals surface area contributed by atoms with Gasteiger partial charge in [0.15, 0.2) is 22.5 Å². The van der Waals surface area contributed by atoms with E-state index in [1.54, 1.807) is 0 Å². The second-order valence-corrected chi connectivity index (χ2v) is 9.97. The van der Waals surface area contributed by atoms with Crippen LogP contribution in [0.2, 0.25) is 0 Å². The number of hydrogen-bond donors (Lipinski definition) is 4. The van der Waals surface area contributed by atoms with Crippen molar-refractivity contribution in [3.05, 3.63) is 16.9 Å². The van der Waals surface area contributed by atoms with Crippen molar-refractivity contribution < 1.29 is 37.3 Å². The van der Waals surface area contributed by atoms with Crippen molar-refractivity contribution >= 4 is 50.1 Å². The van der Waals surface area contributed by atoms with Gasteiger partial charge < -0.3 is 21.4 Å². The first kappa shape index (κ1) is 26.1. The standard InChI is InChI=1S/C16H21N9O8S2/c1-16(2,14(28)29)33-22-12(8-6-34-15(18)19-8)10(26)3-7-9(25(13(7)27)35(30,31)32)5-24-21-11(4-17)20-23-24/h6-7,9H,3-5,17H2,1-2H3,(H2,18,19)(H,28,29)(H,30,31,32)/b22-12-/t7-,9+/m0/s1. The summed E-state index contributed by atoms with van der Waals surface area (Å²) in [6.45, 7) is 2.03. The lowest BCUT2D eigenvalue weighted by Gasteiger charge is -2.43. The molecule has 35 heavy (non-hydrogen) atoms. The molecular formula is C16H21N9O8S2. The second-order valence-electron chi connectivity index (χ2n) is 7.80. The first-order chi connectivity index (χ1) is 16.2. The van der Waals surface area contributed by atoms with E-state index in [9.17, 15) is 32.5 Å². The van der Waals surface area contributed by atoms with E-state index in [1.807, 2.05) is 0 Å². The number of aromatic nitrogens is 5. The van der Waals surface area contributed by atoms with E-state index in [0.717, 1.165) is 16.1 Å². The summed E-state index contributed by atoms with van der Waals surface area (Å²) in [6, 6.07) is -1.24. The molecule has 0 unspecified atom stereocenters. The van der Waals surface area contributed by atoms with Crippen LogP contribution in [0.3, 0.4) is 0 Å². The highest BCUT2D eigenvalue weighted by Crippen LogP contribution is 2.33. The Morgan fingerprint density at radius 3 is 2.57 bits per heavy atom. The number of anilines is 1. The molecule has 190 valence electrons. The zero-order chi connectivity index (χ0) is 26.1. The first-order valence-corrected chi connectivity index (χ1v) is 12.0. The molecule has 3 heterocycles. The minimum absolute atomic E-state index is 0.0285. The molecule has 0 radical (unpaired) electrons. The molecular weight excluding hydrogens is 510 g/mol. The Morgan fingerprint density at radius 2 is 2.06 bits per heavy atom. The van der Waals surface area contributed by atoms with Crippen LogP contribution in [0.4, 0.5) is 5.13 Å². The van der Waals surface area contributed by atoms with Crippen LogP contribution in [0.25, 0.3) is 0 Å². The molecule has 3 rings (SSSR count). The third kappa shape index (κ3) is 5.58. The van der Waals surface area contributed by atoms with Gasteiger partial charge in [-0.3, -0.25) is 14.1 Å². The van der Waals surface area contributed by atoms with Gasteiger partial charge in [0.05, 0.1) is 25.0 Å². The second kappa shape index (κ2) is 9.60. The molecule has 1 amide bonds. The average molecular weight is 532 g/mol. The lowest BCUT2D eigenvalue weighted by molar-refractivity contribution is -0.161. The molecule has 0 saturated carbocycles. The number of nitrogens with two attached hydrogens (primary N) is 2. The number of oxime groups is 1. The van der Waals surface area contributed by atoms with Crippen LogP contribution in [0.1, 0.15) is 31.8 Å². The van der Waals surface area contributed by atoms with E-state index < -0.39 is 57.7 Å². The van der Waals surface area contributed by atoms with Crippen molar-refractivity contribution in [2.75, 3.05) is 5.73 Å². The summed E-state index contributed by atoms with van der Waals surface area (Å²) >= 11 is 0.977. The van der Waals surface area contributed by atoms with Crippen LogP contribution >= 0.6 is 11.3 Å². The third-order valence-electron chi connectivity index (χ3n) is 4.89. The van der Waals surface area contributed by atoms with Crippen molar-refractivity contribution in [2.45, 2.75) is 45.0 Å². The Balaban J connectivity index is 1.89. The number of hydrogen-bond acceptors (Lipinski definition) is 14. The maximum Gasteiger partial charge on any atom is 0.362 e. The number of thiazole rings is 1. The maximum atomic E-state index is 13.1. The van der Waals surface area contributed by atoms with E-state index in [1.165, 1.54) is 19.2 Å². The van der Waals surface area contributed by atoms with E-state index in [2.05, 4.69) is 25.6 Å². The van der Waals surface area contributed by atoms with E-state index in [-0.39, 0.29) is 34.0 Å². The Hall–Kier alpha value is -3.55. The number of ketones is 1. The number of Topliss-reactive ketones (excluding diaryl/α,β-unsaturated/α-hetero) is 1. The van der Waals surface area contributed by atoms with Gasteiger partial charge in [0.1, 0.15) is 5.69 Å². The van der Waals surface area contributed by atoms with E-state index >= 15 is 0 Å². The van der Waals surface area contributed by atoms with Gasteiger partial charge in [0, 0.05) is 11.8 Å². The zero-order valence-corrected chi connectivity index (χ0v) is 19.9. The number of carbonyl (C=O) groups excluding carboxylic acids is 2.